The van der Waals surface area contributed by atoms with Crippen molar-refractivity contribution < 1.29 is 0 Å². The molecule has 0 bridgehead atoms. The summed E-state index contributed by atoms with van der Waals surface area (Å²) in [6, 6.07) is 0. The molecule has 0 aromatic carbocycles. The number of piperidine rings is 1. The van der Waals surface area contributed by atoms with Gasteiger partial charge in [0.05, 0.1) is 0 Å². The molecule has 3 heteroatoms. The van der Waals surface area contributed by atoms with Crippen LogP contribution >= 0.6 is 11.8 Å². The van der Waals surface area contributed by atoms with Crippen molar-refractivity contribution in [3.05, 3.63) is 0 Å². The minimum Gasteiger partial charge on any atom is -0.320 e. The second-order valence-electron chi connectivity index (χ2n) is 4.52. The first-order valence-corrected chi connectivity index (χ1v) is 7.62. The molecule has 0 aromatic heterocycles. The van der Waals surface area contributed by atoms with Gasteiger partial charge in [0.15, 0.2) is 0 Å². The Hall–Kier alpha value is 0.270. The van der Waals surface area contributed by atoms with E-state index in [1.54, 1.807) is 0 Å². The molecule has 1 saturated heterocycles. The molecule has 1 rings (SSSR count). The molecule has 0 atom stereocenters. The first kappa shape index (κ1) is 13.3. The molecule has 90 valence electrons. The molecule has 0 aliphatic carbocycles. The van der Waals surface area contributed by atoms with Gasteiger partial charge >= 0.3 is 0 Å². The van der Waals surface area contributed by atoms with E-state index < -0.39 is 0 Å². The van der Waals surface area contributed by atoms with Gasteiger partial charge in [0.1, 0.15) is 0 Å². The van der Waals surface area contributed by atoms with E-state index in [0.29, 0.717) is 0 Å². The van der Waals surface area contributed by atoms with Gasteiger partial charge < -0.3 is 10.2 Å². The second kappa shape index (κ2) is 8.43. The van der Waals surface area contributed by atoms with Crippen molar-refractivity contribution in [1.82, 2.24) is 10.2 Å². The predicted octanol–water partition coefficient (Wildman–Crippen LogP) is 2.06. The molecule has 1 fully saturated rings. The Kier molecular flexibility index (Phi) is 7.49. The summed E-state index contributed by atoms with van der Waals surface area (Å²) < 4.78 is 0. The van der Waals surface area contributed by atoms with Crippen molar-refractivity contribution in [1.29, 1.82) is 0 Å². The van der Waals surface area contributed by atoms with Crippen LogP contribution in [0, 0.1) is 5.92 Å². The van der Waals surface area contributed by atoms with Crippen LogP contribution < -0.4 is 5.32 Å². The molecule has 1 aliphatic rings. The average molecular weight is 230 g/mol. The highest BCUT2D eigenvalue weighted by Crippen LogP contribution is 2.20. The van der Waals surface area contributed by atoms with Gasteiger partial charge in [-0.3, -0.25) is 0 Å². The molecular formula is C12H26N2S. The normalized spacial score (nSPS) is 19.6. The molecule has 1 heterocycles. The fourth-order valence-electron chi connectivity index (χ4n) is 2.28. The molecular weight excluding hydrogens is 204 g/mol. The Morgan fingerprint density at radius 2 is 2.07 bits per heavy atom. The number of thioether (sulfide) groups is 1. The van der Waals surface area contributed by atoms with Crippen LogP contribution in [0.1, 0.15) is 25.7 Å². The van der Waals surface area contributed by atoms with Crippen LogP contribution in [0.2, 0.25) is 0 Å². The lowest BCUT2D eigenvalue weighted by molar-refractivity contribution is 0.180. The van der Waals surface area contributed by atoms with Crippen LogP contribution in [0.3, 0.4) is 0 Å². The molecule has 0 unspecified atom stereocenters. The first-order valence-electron chi connectivity index (χ1n) is 6.22. The number of hydrogen-bond acceptors (Lipinski definition) is 3. The fourth-order valence-corrected chi connectivity index (χ4v) is 2.70. The number of nitrogens with one attached hydrogen (secondary N) is 1. The predicted molar refractivity (Wildman–Crippen MR) is 70.7 cm³/mol. The molecule has 0 amide bonds. The van der Waals surface area contributed by atoms with Gasteiger partial charge in [-0.2, -0.15) is 11.8 Å². The summed E-state index contributed by atoms with van der Waals surface area (Å²) in [5, 5.41) is 3.25. The average Bonchev–Trinajstić information content (AvgIpc) is 2.28. The van der Waals surface area contributed by atoms with Gasteiger partial charge in [0, 0.05) is 0 Å². The zero-order valence-corrected chi connectivity index (χ0v) is 11.1. The van der Waals surface area contributed by atoms with Crippen molar-refractivity contribution in [3.63, 3.8) is 0 Å². The van der Waals surface area contributed by atoms with Crippen LogP contribution in [-0.4, -0.2) is 50.1 Å². The second-order valence-corrected chi connectivity index (χ2v) is 5.51. The van der Waals surface area contributed by atoms with E-state index in [1.807, 2.05) is 11.8 Å². The summed E-state index contributed by atoms with van der Waals surface area (Å²) in [5.74, 6) is 2.30. The Balaban J connectivity index is 2.02. The van der Waals surface area contributed by atoms with Crippen LogP contribution in [0.5, 0.6) is 0 Å². The van der Waals surface area contributed by atoms with E-state index in [1.165, 1.54) is 57.6 Å². The fraction of sp³-hybridized carbons (Fsp3) is 1.00. The smallest absolute Gasteiger partial charge is 0.00109 e. The van der Waals surface area contributed by atoms with Crippen LogP contribution in [0.15, 0.2) is 0 Å². The first-order chi connectivity index (χ1) is 7.36. The minimum absolute atomic E-state index is 0.981. The standard InChI is InChI=1S/C12H26N2S/c1-13-7-4-12-5-9-14(10-6-12)8-3-11-15-2/h12-13H,3-11H2,1-2H3. The maximum absolute atomic E-state index is 3.25. The van der Waals surface area contributed by atoms with E-state index in [4.69, 9.17) is 0 Å². The summed E-state index contributed by atoms with van der Waals surface area (Å²) in [4.78, 5) is 2.64. The van der Waals surface area contributed by atoms with Gasteiger partial charge in [-0.15, -0.1) is 0 Å². The number of hydrogen-bond donors (Lipinski definition) is 1. The third kappa shape index (κ3) is 5.79. The van der Waals surface area contributed by atoms with Crippen molar-refractivity contribution in [2.45, 2.75) is 25.7 Å². The Labute approximate surface area is 99.2 Å². The largest absolute Gasteiger partial charge is 0.320 e. The van der Waals surface area contributed by atoms with Gasteiger partial charge in [-0.1, -0.05) is 0 Å². The maximum Gasteiger partial charge on any atom is -0.00109 e. The van der Waals surface area contributed by atoms with Crippen LogP contribution in [0.25, 0.3) is 0 Å². The van der Waals surface area contributed by atoms with E-state index in [-0.39, 0.29) is 0 Å². The highest BCUT2D eigenvalue weighted by molar-refractivity contribution is 7.98. The van der Waals surface area contributed by atoms with E-state index in [0.717, 1.165) is 5.92 Å². The highest BCUT2D eigenvalue weighted by atomic mass is 32.2. The van der Waals surface area contributed by atoms with Crippen LogP contribution in [0.4, 0.5) is 0 Å². The number of nitrogens with zero attached hydrogens (tertiary/aromatic N) is 1. The molecule has 0 spiro atoms. The topological polar surface area (TPSA) is 15.3 Å². The molecule has 0 aromatic rings. The maximum atomic E-state index is 3.25. The molecule has 2 nitrogen and oxygen atoms in total. The van der Waals surface area contributed by atoms with E-state index in [9.17, 15) is 0 Å². The zero-order chi connectivity index (χ0) is 10.9. The number of rotatable bonds is 7. The van der Waals surface area contributed by atoms with E-state index >= 15 is 0 Å². The molecule has 1 aliphatic heterocycles. The summed E-state index contributed by atoms with van der Waals surface area (Å²) in [6.07, 6.45) is 7.77. The molecule has 1 N–H and O–H groups in total. The minimum atomic E-state index is 0.981. The van der Waals surface area contributed by atoms with Gasteiger partial charge in [-0.25, -0.2) is 0 Å². The van der Waals surface area contributed by atoms with Crippen LogP contribution in [-0.2, 0) is 0 Å². The van der Waals surface area contributed by atoms with Crippen molar-refractivity contribution >= 4 is 11.8 Å². The molecule has 0 radical (unpaired) electrons. The van der Waals surface area contributed by atoms with Gasteiger partial charge in [0.2, 0.25) is 0 Å². The summed E-state index contributed by atoms with van der Waals surface area (Å²) in [7, 11) is 2.05. The molecule has 0 saturated carbocycles. The summed E-state index contributed by atoms with van der Waals surface area (Å²) in [5.41, 5.74) is 0. The highest BCUT2D eigenvalue weighted by Gasteiger charge is 2.17. The lowest BCUT2D eigenvalue weighted by Gasteiger charge is -2.31. The molecule has 15 heavy (non-hydrogen) atoms. The third-order valence-electron chi connectivity index (χ3n) is 3.33. The SMILES string of the molecule is CNCCC1CCN(CCCSC)CC1. The summed E-state index contributed by atoms with van der Waals surface area (Å²) in [6.45, 7) is 5.18. The summed E-state index contributed by atoms with van der Waals surface area (Å²) >= 11 is 1.97. The number of likely N-dealkylation sites (tertiary alicyclic amines) is 1. The van der Waals surface area contributed by atoms with E-state index in [2.05, 4.69) is 23.5 Å². The third-order valence-corrected chi connectivity index (χ3v) is 4.03. The van der Waals surface area contributed by atoms with Gasteiger partial charge in [-0.05, 0) is 76.8 Å². The lowest BCUT2D eigenvalue weighted by atomic mass is 9.93. The van der Waals surface area contributed by atoms with Gasteiger partial charge in [0.25, 0.3) is 0 Å². The Morgan fingerprint density at radius 1 is 1.33 bits per heavy atom. The lowest BCUT2D eigenvalue weighted by Crippen LogP contribution is -2.35. The monoisotopic (exact) mass is 230 g/mol. The van der Waals surface area contributed by atoms with Crippen molar-refractivity contribution in [3.8, 4) is 0 Å². The Bertz CT molecular complexity index is 145. The van der Waals surface area contributed by atoms with Crippen molar-refractivity contribution in [2.75, 3.05) is 45.2 Å². The quantitative estimate of drug-likeness (QED) is 0.674. The Morgan fingerprint density at radius 3 is 2.67 bits per heavy atom. The zero-order valence-electron chi connectivity index (χ0n) is 10.3. The van der Waals surface area contributed by atoms with Crippen molar-refractivity contribution in [2.24, 2.45) is 5.92 Å².